The van der Waals surface area contributed by atoms with Crippen LogP contribution >= 0.6 is 12.6 Å². The smallest absolute Gasteiger partial charge is 0.251 e. The maximum Gasteiger partial charge on any atom is 0.251 e. The first kappa shape index (κ1) is 14.7. The minimum atomic E-state index is -0.0574. The molecule has 0 saturated heterocycles. The molecule has 0 saturated carbocycles. The second-order valence-electron chi connectivity index (χ2n) is 4.85. The molecule has 0 spiro atoms. The van der Waals surface area contributed by atoms with Crippen molar-refractivity contribution in [2.24, 2.45) is 0 Å². The Kier molecular flexibility index (Phi) is 4.85. The van der Waals surface area contributed by atoms with Gasteiger partial charge in [-0.05, 0) is 42.2 Å². The van der Waals surface area contributed by atoms with E-state index in [1.165, 1.54) is 5.56 Å². The van der Waals surface area contributed by atoms with Gasteiger partial charge in [-0.25, -0.2) is 0 Å². The van der Waals surface area contributed by atoms with Crippen LogP contribution in [-0.4, -0.2) is 5.91 Å². The Hall–Kier alpha value is -1.74. The van der Waals surface area contributed by atoms with Crippen LogP contribution in [-0.2, 0) is 13.0 Å². The fraction of sp³-hybridized carbons (Fsp3) is 0.235. The van der Waals surface area contributed by atoms with Crippen molar-refractivity contribution in [2.75, 3.05) is 0 Å². The summed E-state index contributed by atoms with van der Waals surface area (Å²) < 4.78 is 0. The molecule has 0 aliphatic carbocycles. The Morgan fingerprint density at radius 1 is 1.10 bits per heavy atom. The van der Waals surface area contributed by atoms with Gasteiger partial charge in [-0.15, -0.1) is 12.6 Å². The molecule has 2 aromatic carbocycles. The maximum absolute atomic E-state index is 12.2. The summed E-state index contributed by atoms with van der Waals surface area (Å²) in [5.74, 6) is -0.0574. The number of hydrogen-bond donors (Lipinski definition) is 2. The summed E-state index contributed by atoms with van der Waals surface area (Å²) in [6.07, 6.45) is 1.03. The highest BCUT2D eigenvalue weighted by Gasteiger charge is 2.08. The van der Waals surface area contributed by atoms with Crippen molar-refractivity contribution < 1.29 is 4.79 Å². The Balaban J connectivity index is 2.02. The third-order valence-electron chi connectivity index (χ3n) is 3.35. The van der Waals surface area contributed by atoms with E-state index < -0.39 is 0 Å². The van der Waals surface area contributed by atoms with E-state index in [1.54, 1.807) is 6.07 Å². The molecule has 2 nitrogen and oxygen atoms in total. The monoisotopic (exact) mass is 285 g/mol. The van der Waals surface area contributed by atoms with Crippen LogP contribution in [0.1, 0.15) is 34.0 Å². The lowest BCUT2D eigenvalue weighted by Gasteiger charge is -2.09. The first-order valence-corrected chi connectivity index (χ1v) is 7.20. The van der Waals surface area contributed by atoms with Gasteiger partial charge in [0.25, 0.3) is 5.91 Å². The van der Waals surface area contributed by atoms with Crippen LogP contribution in [0.15, 0.2) is 47.4 Å². The normalized spacial score (nSPS) is 10.3. The van der Waals surface area contributed by atoms with Gasteiger partial charge in [0.15, 0.2) is 0 Å². The largest absolute Gasteiger partial charge is 0.348 e. The van der Waals surface area contributed by atoms with Crippen molar-refractivity contribution in [1.82, 2.24) is 5.32 Å². The average molecular weight is 285 g/mol. The molecule has 1 amide bonds. The molecule has 3 heteroatoms. The number of carbonyl (C=O) groups is 1. The molecule has 0 aliphatic rings. The highest BCUT2D eigenvalue weighted by Crippen LogP contribution is 2.14. The van der Waals surface area contributed by atoms with E-state index >= 15 is 0 Å². The standard InChI is InChI=1S/C17H19NOS/c1-3-13-5-7-14(8-6-13)11-18-17(19)16-10-15(20)9-4-12(16)2/h4-10,20H,3,11H2,1-2H3,(H,18,19). The predicted octanol–water partition coefficient (Wildman–Crippen LogP) is 3.78. The fourth-order valence-electron chi connectivity index (χ4n) is 2.02. The van der Waals surface area contributed by atoms with E-state index in [4.69, 9.17) is 0 Å². The SMILES string of the molecule is CCc1ccc(CNC(=O)c2cc(S)ccc2C)cc1. The van der Waals surface area contributed by atoms with E-state index in [1.807, 2.05) is 19.1 Å². The Labute approximate surface area is 125 Å². The number of rotatable bonds is 4. The summed E-state index contributed by atoms with van der Waals surface area (Å²) in [5.41, 5.74) is 4.05. The number of nitrogens with one attached hydrogen (secondary N) is 1. The van der Waals surface area contributed by atoms with Gasteiger partial charge in [0, 0.05) is 17.0 Å². The Morgan fingerprint density at radius 3 is 2.40 bits per heavy atom. The van der Waals surface area contributed by atoms with Crippen molar-refractivity contribution in [3.8, 4) is 0 Å². The predicted molar refractivity (Wildman–Crippen MR) is 85.4 cm³/mol. The molecule has 0 aromatic heterocycles. The number of aryl methyl sites for hydroxylation is 2. The van der Waals surface area contributed by atoms with E-state index in [9.17, 15) is 4.79 Å². The van der Waals surface area contributed by atoms with Gasteiger partial charge in [-0.2, -0.15) is 0 Å². The quantitative estimate of drug-likeness (QED) is 0.823. The lowest BCUT2D eigenvalue weighted by atomic mass is 10.1. The Bertz CT molecular complexity index is 605. The number of hydrogen-bond acceptors (Lipinski definition) is 2. The summed E-state index contributed by atoms with van der Waals surface area (Å²) in [6.45, 7) is 4.60. The minimum Gasteiger partial charge on any atom is -0.348 e. The number of benzene rings is 2. The van der Waals surface area contributed by atoms with Crippen LogP contribution in [0.5, 0.6) is 0 Å². The van der Waals surface area contributed by atoms with E-state index in [0.29, 0.717) is 12.1 Å². The number of amides is 1. The van der Waals surface area contributed by atoms with Gasteiger partial charge in [0.1, 0.15) is 0 Å². The summed E-state index contributed by atoms with van der Waals surface area (Å²) in [7, 11) is 0. The first-order chi connectivity index (χ1) is 9.60. The fourth-order valence-corrected chi connectivity index (χ4v) is 2.23. The highest BCUT2D eigenvalue weighted by atomic mass is 32.1. The van der Waals surface area contributed by atoms with Gasteiger partial charge in [0.2, 0.25) is 0 Å². The van der Waals surface area contributed by atoms with Crippen molar-refractivity contribution >= 4 is 18.5 Å². The molecule has 2 aromatic rings. The summed E-state index contributed by atoms with van der Waals surface area (Å²) in [5, 5.41) is 2.95. The van der Waals surface area contributed by atoms with Crippen LogP contribution in [0.2, 0.25) is 0 Å². The molecular weight excluding hydrogens is 266 g/mol. The molecule has 1 N–H and O–H groups in total. The highest BCUT2D eigenvalue weighted by molar-refractivity contribution is 7.80. The zero-order chi connectivity index (χ0) is 14.5. The maximum atomic E-state index is 12.2. The van der Waals surface area contributed by atoms with Crippen molar-refractivity contribution in [3.63, 3.8) is 0 Å². The molecule has 0 radical (unpaired) electrons. The topological polar surface area (TPSA) is 29.1 Å². The first-order valence-electron chi connectivity index (χ1n) is 6.75. The molecule has 0 unspecified atom stereocenters. The molecule has 0 fully saturated rings. The number of carbonyl (C=O) groups excluding carboxylic acids is 1. The van der Waals surface area contributed by atoms with Crippen molar-refractivity contribution in [1.29, 1.82) is 0 Å². The van der Waals surface area contributed by atoms with Crippen LogP contribution in [0.3, 0.4) is 0 Å². The third-order valence-corrected chi connectivity index (χ3v) is 3.63. The molecule has 0 atom stereocenters. The van der Waals surface area contributed by atoms with Crippen LogP contribution in [0, 0.1) is 6.92 Å². The van der Waals surface area contributed by atoms with Crippen LogP contribution in [0.25, 0.3) is 0 Å². The van der Waals surface area contributed by atoms with E-state index in [-0.39, 0.29) is 5.91 Å². The molecule has 0 heterocycles. The van der Waals surface area contributed by atoms with Crippen molar-refractivity contribution in [3.05, 3.63) is 64.7 Å². The van der Waals surface area contributed by atoms with Crippen LogP contribution in [0.4, 0.5) is 0 Å². The molecule has 2 rings (SSSR count). The van der Waals surface area contributed by atoms with Crippen molar-refractivity contribution in [2.45, 2.75) is 31.7 Å². The summed E-state index contributed by atoms with van der Waals surface area (Å²) in [4.78, 5) is 13.0. The number of thiol groups is 1. The molecular formula is C17H19NOS. The second kappa shape index (κ2) is 6.62. The summed E-state index contributed by atoms with van der Waals surface area (Å²) >= 11 is 4.28. The van der Waals surface area contributed by atoms with E-state index in [0.717, 1.165) is 22.4 Å². The second-order valence-corrected chi connectivity index (χ2v) is 5.37. The third kappa shape index (κ3) is 3.64. The minimum absolute atomic E-state index is 0.0574. The zero-order valence-corrected chi connectivity index (χ0v) is 12.7. The summed E-state index contributed by atoms with van der Waals surface area (Å²) in [6, 6.07) is 13.9. The van der Waals surface area contributed by atoms with Crippen LogP contribution < -0.4 is 5.32 Å². The molecule has 0 aliphatic heterocycles. The van der Waals surface area contributed by atoms with Gasteiger partial charge < -0.3 is 5.32 Å². The van der Waals surface area contributed by atoms with Gasteiger partial charge in [-0.1, -0.05) is 37.3 Å². The zero-order valence-electron chi connectivity index (χ0n) is 11.8. The van der Waals surface area contributed by atoms with Gasteiger partial charge >= 0.3 is 0 Å². The van der Waals surface area contributed by atoms with Gasteiger partial charge in [0.05, 0.1) is 0 Å². The van der Waals surface area contributed by atoms with Gasteiger partial charge in [-0.3, -0.25) is 4.79 Å². The average Bonchev–Trinajstić information content (AvgIpc) is 2.47. The molecule has 0 bridgehead atoms. The van der Waals surface area contributed by atoms with E-state index in [2.05, 4.69) is 49.1 Å². The molecule has 104 valence electrons. The lowest BCUT2D eigenvalue weighted by Crippen LogP contribution is -2.23. The Morgan fingerprint density at radius 2 is 1.75 bits per heavy atom. The lowest BCUT2D eigenvalue weighted by molar-refractivity contribution is 0.0950. The molecule has 20 heavy (non-hydrogen) atoms.